The Labute approximate surface area is 178 Å². The Morgan fingerprint density at radius 1 is 1.23 bits per heavy atom. The lowest BCUT2D eigenvalue weighted by atomic mass is 9.78. The summed E-state index contributed by atoms with van der Waals surface area (Å²) in [4.78, 5) is 30.0. The second kappa shape index (κ2) is 9.14. The molecule has 30 heavy (non-hydrogen) atoms. The number of hydrogen-bond acceptors (Lipinski definition) is 5. The van der Waals surface area contributed by atoms with Crippen molar-refractivity contribution in [2.45, 2.75) is 78.8 Å². The zero-order valence-corrected chi connectivity index (χ0v) is 18.9. The van der Waals surface area contributed by atoms with E-state index < -0.39 is 5.97 Å². The Morgan fingerprint density at radius 3 is 2.63 bits per heavy atom. The maximum Gasteiger partial charge on any atom is 0.339 e. The molecular formula is C23H34N4O3. The zero-order chi connectivity index (χ0) is 22.0. The summed E-state index contributed by atoms with van der Waals surface area (Å²) >= 11 is 0. The highest BCUT2D eigenvalue weighted by atomic mass is 16.5. The Balaban J connectivity index is 1.74. The lowest BCUT2D eigenvalue weighted by Gasteiger charge is -2.34. The number of nitrogens with zero attached hydrogens (tertiary/aromatic N) is 3. The van der Waals surface area contributed by atoms with Crippen LogP contribution in [0.3, 0.4) is 0 Å². The fourth-order valence-corrected chi connectivity index (χ4v) is 4.12. The van der Waals surface area contributed by atoms with E-state index in [9.17, 15) is 9.59 Å². The van der Waals surface area contributed by atoms with Crippen LogP contribution in [0.2, 0.25) is 0 Å². The summed E-state index contributed by atoms with van der Waals surface area (Å²) in [6, 6.07) is 2.01. The molecule has 0 spiro atoms. The molecule has 7 heteroatoms. The topological polar surface area (TPSA) is 86.1 Å². The Kier molecular flexibility index (Phi) is 6.78. The van der Waals surface area contributed by atoms with Gasteiger partial charge in [0, 0.05) is 17.8 Å². The fourth-order valence-electron chi connectivity index (χ4n) is 4.12. The number of aromatic nitrogens is 3. The molecule has 1 saturated carbocycles. The summed E-state index contributed by atoms with van der Waals surface area (Å²) in [7, 11) is 0. The molecule has 0 aliphatic heterocycles. The van der Waals surface area contributed by atoms with Crippen LogP contribution in [-0.4, -0.2) is 39.3 Å². The molecule has 0 unspecified atom stereocenters. The molecule has 1 amide bonds. The highest BCUT2D eigenvalue weighted by molar-refractivity contribution is 6.03. The molecule has 3 atom stereocenters. The van der Waals surface area contributed by atoms with Gasteiger partial charge in [0.25, 0.3) is 5.91 Å². The summed E-state index contributed by atoms with van der Waals surface area (Å²) in [5, 5.41) is 8.09. The first kappa shape index (κ1) is 22.2. The third-order valence-electron chi connectivity index (χ3n) is 6.27. The third kappa shape index (κ3) is 4.65. The maximum absolute atomic E-state index is 12.9. The molecule has 164 valence electrons. The number of carbonyl (C=O) groups is 2. The standard InChI is InChI=1S/C23H34N4O3/c1-13(2)20-10-17(18-11-24-27(14(3)4)22(18)26-20)23(29)30-12-21(28)25-19-9-7-8-15(5)16(19)6/h10-11,13-16,19H,7-9,12H2,1-6H3,(H,25,28)/t15-,16-,19+/m1/s1. The average molecular weight is 415 g/mol. The largest absolute Gasteiger partial charge is 0.452 e. The van der Waals surface area contributed by atoms with Gasteiger partial charge in [0.05, 0.1) is 17.1 Å². The minimum Gasteiger partial charge on any atom is -0.452 e. The predicted molar refractivity (Wildman–Crippen MR) is 116 cm³/mol. The van der Waals surface area contributed by atoms with Gasteiger partial charge >= 0.3 is 5.97 Å². The minimum absolute atomic E-state index is 0.118. The average Bonchev–Trinajstić information content (AvgIpc) is 3.13. The highest BCUT2D eigenvalue weighted by Crippen LogP contribution is 2.29. The minimum atomic E-state index is -0.521. The third-order valence-corrected chi connectivity index (χ3v) is 6.27. The van der Waals surface area contributed by atoms with Gasteiger partial charge in [0.2, 0.25) is 0 Å². The van der Waals surface area contributed by atoms with Crippen molar-refractivity contribution in [2.24, 2.45) is 11.8 Å². The van der Waals surface area contributed by atoms with Gasteiger partial charge < -0.3 is 10.1 Å². The molecule has 2 aromatic rings. The molecule has 1 aliphatic rings. The number of ether oxygens (including phenoxy) is 1. The van der Waals surface area contributed by atoms with Crippen molar-refractivity contribution in [3.8, 4) is 0 Å². The van der Waals surface area contributed by atoms with Gasteiger partial charge in [-0.2, -0.15) is 5.10 Å². The Morgan fingerprint density at radius 2 is 1.97 bits per heavy atom. The number of pyridine rings is 1. The van der Waals surface area contributed by atoms with Crippen molar-refractivity contribution in [1.29, 1.82) is 0 Å². The van der Waals surface area contributed by atoms with Crippen molar-refractivity contribution in [3.63, 3.8) is 0 Å². The van der Waals surface area contributed by atoms with Crippen LogP contribution in [0, 0.1) is 11.8 Å². The monoisotopic (exact) mass is 414 g/mol. The smallest absolute Gasteiger partial charge is 0.339 e. The molecule has 2 aromatic heterocycles. The number of fused-ring (bicyclic) bond motifs is 1. The van der Waals surface area contributed by atoms with Gasteiger partial charge in [-0.3, -0.25) is 4.79 Å². The molecule has 3 rings (SSSR count). The summed E-state index contributed by atoms with van der Waals surface area (Å²) < 4.78 is 7.19. The summed E-state index contributed by atoms with van der Waals surface area (Å²) in [6.07, 6.45) is 4.93. The number of rotatable bonds is 6. The summed E-state index contributed by atoms with van der Waals surface area (Å²) in [5.41, 5.74) is 1.87. The van der Waals surface area contributed by atoms with Crippen molar-refractivity contribution < 1.29 is 14.3 Å². The van der Waals surface area contributed by atoms with Crippen LogP contribution in [-0.2, 0) is 9.53 Å². The van der Waals surface area contributed by atoms with Crippen LogP contribution >= 0.6 is 0 Å². The molecule has 1 aliphatic carbocycles. The number of hydrogen-bond donors (Lipinski definition) is 1. The van der Waals surface area contributed by atoms with Gasteiger partial charge in [0.15, 0.2) is 12.3 Å². The van der Waals surface area contributed by atoms with Gasteiger partial charge in [-0.05, 0) is 44.1 Å². The molecule has 7 nitrogen and oxygen atoms in total. The van der Waals surface area contributed by atoms with Crippen molar-refractivity contribution in [3.05, 3.63) is 23.5 Å². The van der Waals surface area contributed by atoms with Crippen LogP contribution in [0.1, 0.15) is 88.8 Å². The summed E-state index contributed by atoms with van der Waals surface area (Å²) in [5.74, 6) is 0.390. The molecule has 0 radical (unpaired) electrons. The first-order chi connectivity index (χ1) is 14.2. The Bertz CT molecular complexity index is 919. The normalized spacial score (nSPS) is 21.9. The predicted octanol–water partition coefficient (Wildman–Crippen LogP) is 4.23. The van der Waals surface area contributed by atoms with E-state index in [1.54, 1.807) is 16.9 Å². The fraction of sp³-hybridized carbons (Fsp3) is 0.652. The molecule has 0 bridgehead atoms. The van der Waals surface area contributed by atoms with Crippen LogP contribution in [0.15, 0.2) is 12.3 Å². The lowest BCUT2D eigenvalue weighted by Crippen LogP contribution is -2.45. The molecule has 0 saturated heterocycles. The van der Waals surface area contributed by atoms with Crippen molar-refractivity contribution >= 4 is 22.9 Å². The van der Waals surface area contributed by atoms with Crippen LogP contribution in [0.4, 0.5) is 0 Å². The maximum atomic E-state index is 12.9. The zero-order valence-electron chi connectivity index (χ0n) is 18.9. The van der Waals surface area contributed by atoms with Crippen LogP contribution < -0.4 is 5.32 Å². The molecule has 0 aromatic carbocycles. The SMILES string of the molecule is CC(C)c1cc(C(=O)OCC(=O)N[C@H]2CCC[C@@H](C)[C@H]2C)c2cnn(C(C)C)c2n1. The van der Waals surface area contributed by atoms with E-state index in [0.717, 1.165) is 18.5 Å². The van der Waals surface area contributed by atoms with E-state index in [0.29, 0.717) is 28.4 Å². The first-order valence-corrected chi connectivity index (χ1v) is 11.0. The van der Waals surface area contributed by atoms with E-state index >= 15 is 0 Å². The Hall–Kier alpha value is -2.44. The van der Waals surface area contributed by atoms with Crippen molar-refractivity contribution in [1.82, 2.24) is 20.1 Å². The number of amides is 1. The van der Waals surface area contributed by atoms with Crippen LogP contribution in [0.5, 0.6) is 0 Å². The number of carbonyl (C=O) groups excluding carboxylic acids is 2. The summed E-state index contributed by atoms with van der Waals surface area (Å²) in [6.45, 7) is 12.2. The van der Waals surface area contributed by atoms with E-state index in [4.69, 9.17) is 9.72 Å². The van der Waals surface area contributed by atoms with E-state index in [2.05, 4.69) is 24.3 Å². The molecular weight excluding hydrogens is 380 g/mol. The van der Waals surface area contributed by atoms with Crippen molar-refractivity contribution in [2.75, 3.05) is 6.61 Å². The molecule has 2 heterocycles. The van der Waals surface area contributed by atoms with Gasteiger partial charge in [-0.1, -0.05) is 40.5 Å². The second-order valence-electron chi connectivity index (χ2n) is 9.19. The lowest BCUT2D eigenvalue weighted by molar-refractivity contribution is -0.125. The molecule has 1 fully saturated rings. The quantitative estimate of drug-likeness (QED) is 0.715. The van der Waals surface area contributed by atoms with Gasteiger partial charge in [-0.25, -0.2) is 14.5 Å². The van der Waals surface area contributed by atoms with Crippen LogP contribution in [0.25, 0.3) is 11.0 Å². The first-order valence-electron chi connectivity index (χ1n) is 11.0. The van der Waals surface area contributed by atoms with E-state index in [1.807, 2.05) is 27.7 Å². The van der Waals surface area contributed by atoms with Gasteiger partial charge in [0.1, 0.15) is 0 Å². The molecule has 1 N–H and O–H groups in total. The van der Waals surface area contributed by atoms with Gasteiger partial charge in [-0.15, -0.1) is 0 Å². The second-order valence-corrected chi connectivity index (χ2v) is 9.19. The number of nitrogens with one attached hydrogen (secondary N) is 1. The number of esters is 1. The van der Waals surface area contributed by atoms with E-state index in [-0.39, 0.29) is 30.5 Å². The van der Waals surface area contributed by atoms with E-state index in [1.165, 1.54) is 6.42 Å². The highest BCUT2D eigenvalue weighted by Gasteiger charge is 2.28.